The summed E-state index contributed by atoms with van der Waals surface area (Å²) >= 11 is 0. The van der Waals surface area contributed by atoms with Gasteiger partial charge in [0.2, 0.25) is 0 Å². The lowest BCUT2D eigenvalue weighted by Gasteiger charge is -2.06. The molecule has 0 aliphatic heterocycles. The number of aromatic nitrogens is 7. The number of hydrogen-bond donors (Lipinski definition) is 1. The molecule has 0 aliphatic carbocycles. The third kappa shape index (κ3) is 2.53. The first-order chi connectivity index (χ1) is 10.1. The fourth-order valence-corrected chi connectivity index (χ4v) is 2.07. The lowest BCUT2D eigenvalue weighted by Crippen LogP contribution is -2.09. The molecule has 1 N–H and O–H groups in total. The Morgan fingerprint density at radius 2 is 2.24 bits per heavy atom. The molecule has 0 atom stereocenters. The van der Waals surface area contributed by atoms with Gasteiger partial charge in [0.15, 0.2) is 5.69 Å². The van der Waals surface area contributed by atoms with Crippen LogP contribution in [0.1, 0.15) is 10.5 Å². The van der Waals surface area contributed by atoms with Crippen LogP contribution >= 0.6 is 0 Å². The van der Waals surface area contributed by atoms with Gasteiger partial charge < -0.3 is 9.67 Å². The van der Waals surface area contributed by atoms with E-state index in [1.165, 1.54) is 0 Å². The number of imidazole rings is 1. The van der Waals surface area contributed by atoms with Crippen molar-refractivity contribution in [3.8, 4) is 11.3 Å². The Hall–Kier alpha value is -2.97. The topological polar surface area (TPSA) is 104 Å². The maximum atomic E-state index is 11.3. The Morgan fingerprint density at radius 3 is 2.86 bits per heavy atom. The van der Waals surface area contributed by atoms with Gasteiger partial charge in [-0.2, -0.15) is 5.10 Å². The SMILES string of the molecule is Cn1cc(-c2c(C(=O)O)nnn2CCn2ccnc2)cn1. The van der Waals surface area contributed by atoms with E-state index in [9.17, 15) is 9.90 Å². The highest BCUT2D eigenvalue weighted by molar-refractivity contribution is 5.92. The van der Waals surface area contributed by atoms with Gasteiger partial charge in [-0.1, -0.05) is 5.21 Å². The van der Waals surface area contributed by atoms with Gasteiger partial charge in [-0.15, -0.1) is 5.10 Å². The van der Waals surface area contributed by atoms with E-state index in [0.29, 0.717) is 24.3 Å². The summed E-state index contributed by atoms with van der Waals surface area (Å²) in [6.45, 7) is 1.11. The lowest BCUT2D eigenvalue weighted by atomic mass is 10.2. The maximum Gasteiger partial charge on any atom is 0.358 e. The molecule has 0 bridgehead atoms. The summed E-state index contributed by atoms with van der Waals surface area (Å²) in [6.07, 6.45) is 8.54. The molecule has 3 aromatic heterocycles. The first-order valence-corrected chi connectivity index (χ1v) is 6.26. The van der Waals surface area contributed by atoms with E-state index in [-0.39, 0.29) is 5.69 Å². The minimum absolute atomic E-state index is 0.0753. The molecule has 0 fully saturated rings. The summed E-state index contributed by atoms with van der Waals surface area (Å²) in [5.74, 6) is -1.11. The molecule has 0 unspecified atom stereocenters. The molecule has 9 nitrogen and oxygen atoms in total. The number of nitrogens with zero attached hydrogens (tertiary/aromatic N) is 7. The van der Waals surface area contributed by atoms with Crippen molar-refractivity contribution in [2.24, 2.45) is 7.05 Å². The Labute approximate surface area is 119 Å². The highest BCUT2D eigenvalue weighted by atomic mass is 16.4. The van der Waals surface area contributed by atoms with Crippen molar-refractivity contribution >= 4 is 5.97 Å². The standard InChI is InChI=1S/C12H13N7O2/c1-17-7-9(6-14-17)11-10(12(20)21)15-16-19(11)5-4-18-3-2-13-8-18/h2-3,6-8H,4-5H2,1H3,(H,20,21). The molecule has 21 heavy (non-hydrogen) atoms. The number of aromatic carboxylic acids is 1. The molecule has 0 radical (unpaired) electrons. The molecule has 0 saturated heterocycles. The molecule has 3 rings (SSSR count). The zero-order chi connectivity index (χ0) is 14.8. The molecular weight excluding hydrogens is 274 g/mol. The summed E-state index contributed by atoms with van der Waals surface area (Å²) in [4.78, 5) is 15.3. The van der Waals surface area contributed by atoms with Crippen LogP contribution in [0.25, 0.3) is 11.3 Å². The van der Waals surface area contributed by atoms with E-state index < -0.39 is 5.97 Å². The van der Waals surface area contributed by atoms with Crippen LogP contribution in [0.5, 0.6) is 0 Å². The molecule has 0 spiro atoms. The van der Waals surface area contributed by atoms with Crippen molar-refractivity contribution in [3.63, 3.8) is 0 Å². The Kier molecular flexibility index (Phi) is 3.22. The van der Waals surface area contributed by atoms with Gasteiger partial charge in [-0.05, 0) is 0 Å². The molecular formula is C12H13N7O2. The second-order valence-corrected chi connectivity index (χ2v) is 4.52. The van der Waals surface area contributed by atoms with Crippen LogP contribution in [-0.4, -0.2) is 45.4 Å². The molecule has 0 aromatic carbocycles. The molecule has 0 aliphatic rings. The molecule has 0 saturated carbocycles. The highest BCUT2D eigenvalue weighted by Gasteiger charge is 2.21. The van der Waals surface area contributed by atoms with Crippen LogP contribution in [0.15, 0.2) is 31.1 Å². The first kappa shape index (κ1) is 13.0. The summed E-state index contributed by atoms with van der Waals surface area (Å²) in [5, 5.41) is 21.0. The van der Waals surface area contributed by atoms with Crippen LogP contribution < -0.4 is 0 Å². The van der Waals surface area contributed by atoms with Gasteiger partial charge in [-0.25, -0.2) is 14.5 Å². The van der Waals surface area contributed by atoms with E-state index in [0.717, 1.165) is 0 Å². The molecule has 108 valence electrons. The first-order valence-electron chi connectivity index (χ1n) is 6.26. The summed E-state index contributed by atoms with van der Waals surface area (Å²) in [6, 6.07) is 0. The zero-order valence-electron chi connectivity index (χ0n) is 11.3. The van der Waals surface area contributed by atoms with Crippen molar-refractivity contribution < 1.29 is 9.90 Å². The average Bonchev–Trinajstić information content (AvgIpc) is 3.15. The Morgan fingerprint density at radius 1 is 1.38 bits per heavy atom. The van der Waals surface area contributed by atoms with Crippen molar-refractivity contribution in [3.05, 3.63) is 36.8 Å². The monoisotopic (exact) mass is 287 g/mol. The maximum absolute atomic E-state index is 11.3. The molecule has 9 heteroatoms. The van der Waals surface area contributed by atoms with E-state index in [4.69, 9.17) is 0 Å². The smallest absolute Gasteiger partial charge is 0.358 e. The second kappa shape index (κ2) is 5.19. The van der Waals surface area contributed by atoms with Crippen molar-refractivity contribution in [2.75, 3.05) is 0 Å². The van der Waals surface area contributed by atoms with Gasteiger partial charge in [0.25, 0.3) is 0 Å². The fourth-order valence-electron chi connectivity index (χ4n) is 2.07. The molecule has 3 heterocycles. The molecule has 3 aromatic rings. The van der Waals surface area contributed by atoms with Gasteiger partial charge in [0.05, 0.1) is 19.1 Å². The van der Waals surface area contributed by atoms with Gasteiger partial charge >= 0.3 is 5.97 Å². The van der Waals surface area contributed by atoms with Crippen molar-refractivity contribution in [2.45, 2.75) is 13.1 Å². The van der Waals surface area contributed by atoms with E-state index in [2.05, 4.69) is 20.4 Å². The number of rotatable bonds is 5. The van der Waals surface area contributed by atoms with Crippen LogP contribution in [0.4, 0.5) is 0 Å². The predicted octanol–water partition coefficient (Wildman–Crippen LogP) is 0.273. The third-order valence-corrected chi connectivity index (χ3v) is 3.05. The number of carboxylic acids is 1. The number of carbonyl (C=O) groups is 1. The number of hydrogen-bond acceptors (Lipinski definition) is 5. The van der Waals surface area contributed by atoms with E-state index in [1.807, 2.05) is 10.8 Å². The van der Waals surface area contributed by atoms with E-state index >= 15 is 0 Å². The van der Waals surface area contributed by atoms with Gasteiger partial charge in [0, 0.05) is 37.7 Å². The van der Waals surface area contributed by atoms with Crippen LogP contribution in [0.2, 0.25) is 0 Å². The Balaban J connectivity index is 1.94. The second-order valence-electron chi connectivity index (χ2n) is 4.52. The van der Waals surface area contributed by atoms with Gasteiger partial charge in [-0.3, -0.25) is 4.68 Å². The van der Waals surface area contributed by atoms with Crippen LogP contribution in [0, 0.1) is 0 Å². The minimum atomic E-state index is -1.11. The summed E-state index contributed by atoms with van der Waals surface area (Å²) < 4.78 is 5.06. The minimum Gasteiger partial charge on any atom is -0.476 e. The predicted molar refractivity (Wildman–Crippen MR) is 71.4 cm³/mol. The van der Waals surface area contributed by atoms with Crippen LogP contribution in [-0.2, 0) is 20.1 Å². The third-order valence-electron chi connectivity index (χ3n) is 3.05. The van der Waals surface area contributed by atoms with Crippen LogP contribution in [0.3, 0.4) is 0 Å². The van der Waals surface area contributed by atoms with Crippen molar-refractivity contribution in [1.82, 2.24) is 34.3 Å². The lowest BCUT2D eigenvalue weighted by molar-refractivity contribution is 0.0691. The Bertz CT molecular complexity index is 757. The highest BCUT2D eigenvalue weighted by Crippen LogP contribution is 2.21. The van der Waals surface area contributed by atoms with E-state index in [1.54, 1.807) is 41.3 Å². The summed E-state index contributed by atoms with van der Waals surface area (Å²) in [5.41, 5.74) is 1.05. The zero-order valence-corrected chi connectivity index (χ0v) is 11.3. The normalized spacial score (nSPS) is 10.9. The van der Waals surface area contributed by atoms with Gasteiger partial charge in [0.1, 0.15) is 5.69 Å². The number of aryl methyl sites for hydroxylation is 3. The quantitative estimate of drug-likeness (QED) is 0.722. The summed E-state index contributed by atoms with van der Waals surface area (Å²) in [7, 11) is 1.77. The number of carboxylic acid groups (broad SMARTS) is 1. The largest absolute Gasteiger partial charge is 0.476 e. The average molecular weight is 287 g/mol. The fraction of sp³-hybridized carbons (Fsp3) is 0.250. The van der Waals surface area contributed by atoms with Crippen molar-refractivity contribution in [1.29, 1.82) is 0 Å². The molecule has 0 amide bonds.